The summed E-state index contributed by atoms with van der Waals surface area (Å²) in [6.45, 7) is 3.69. The Balaban J connectivity index is 0.00000480. The fourth-order valence-electron chi connectivity index (χ4n) is 2.64. The van der Waals surface area contributed by atoms with Crippen molar-refractivity contribution in [3.8, 4) is 5.75 Å². The molecule has 0 aliphatic heterocycles. The van der Waals surface area contributed by atoms with Crippen LogP contribution in [-0.2, 0) is 24.4 Å². The van der Waals surface area contributed by atoms with Crippen LogP contribution in [0.1, 0.15) is 16.7 Å². The molecule has 0 unspecified atom stereocenters. The first-order valence-corrected chi connectivity index (χ1v) is 9.39. The van der Waals surface area contributed by atoms with E-state index in [1.165, 1.54) is 0 Å². The van der Waals surface area contributed by atoms with E-state index in [1.807, 2.05) is 30.3 Å². The molecule has 2 aromatic rings. The first kappa shape index (κ1) is 26.8. The lowest BCUT2D eigenvalue weighted by atomic mass is 10.1. The topological polar surface area (TPSA) is 54.9 Å². The molecule has 170 valence electrons. The summed E-state index contributed by atoms with van der Waals surface area (Å²) in [5.41, 5.74) is 2.56. The van der Waals surface area contributed by atoms with E-state index in [1.54, 1.807) is 31.3 Å². The van der Waals surface area contributed by atoms with Gasteiger partial charge in [-0.15, -0.1) is 24.0 Å². The van der Waals surface area contributed by atoms with Crippen molar-refractivity contribution >= 4 is 29.9 Å². The Morgan fingerprint density at radius 1 is 1.06 bits per heavy atom. The number of ether oxygens (including phenoxy) is 2. The van der Waals surface area contributed by atoms with Crippen LogP contribution in [-0.4, -0.2) is 32.4 Å². The third-order valence-electron chi connectivity index (χ3n) is 3.98. The minimum absolute atomic E-state index is 0. The lowest BCUT2D eigenvalue weighted by Crippen LogP contribution is -2.36. The lowest BCUT2D eigenvalue weighted by molar-refractivity contribution is -0.176. The third-order valence-corrected chi connectivity index (χ3v) is 3.98. The molecule has 0 radical (unpaired) electrons. The molecule has 0 aliphatic carbocycles. The fourth-order valence-corrected chi connectivity index (χ4v) is 2.64. The Labute approximate surface area is 197 Å². The molecule has 2 N–H and O–H groups in total. The number of alkyl halides is 3. The monoisotopic (exact) mass is 549 g/mol. The van der Waals surface area contributed by atoms with Gasteiger partial charge in [0.05, 0.1) is 6.61 Å². The van der Waals surface area contributed by atoms with Crippen molar-refractivity contribution in [3.05, 3.63) is 77.9 Å². The van der Waals surface area contributed by atoms with Gasteiger partial charge in [-0.05, 0) is 17.2 Å². The lowest BCUT2D eigenvalue weighted by Gasteiger charge is -2.15. The molecule has 2 rings (SSSR count). The summed E-state index contributed by atoms with van der Waals surface area (Å²) in [5, 5.41) is 6.41. The normalized spacial score (nSPS) is 11.4. The van der Waals surface area contributed by atoms with Crippen molar-refractivity contribution in [1.82, 2.24) is 10.6 Å². The third kappa shape index (κ3) is 10.5. The maximum Gasteiger partial charge on any atom is 0.411 e. The number of guanidine groups is 1. The summed E-state index contributed by atoms with van der Waals surface area (Å²) in [6.07, 6.45) is -2.64. The summed E-state index contributed by atoms with van der Waals surface area (Å²) in [4.78, 5) is 4.20. The first-order chi connectivity index (χ1) is 14.4. The Kier molecular flexibility index (Phi) is 12.0. The van der Waals surface area contributed by atoms with E-state index in [0.29, 0.717) is 31.2 Å². The molecular weight excluding hydrogens is 522 g/mol. The Hall–Kier alpha value is -2.27. The number of benzene rings is 2. The van der Waals surface area contributed by atoms with Crippen molar-refractivity contribution in [1.29, 1.82) is 0 Å². The number of aliphatic imine (C=N–C) groups is 1. The molecule has 0 saturated heterocycles. The van der Waals surface area contributed by atoms with Gasteiger partial charge in [0.2, 0.25) is 0 Å². The van der Waals surface area contributed by atoms with Gasteiger partial charge in [0.25, 0.3) is 0 Å². The van der Waals surface area contributed by atoms with Gasteiger partial charge >= 0.3 is 6.18 Å². The van der Waals surface area contributed by atoms with E-state index in [4.69, 9.17) is 9.47 Å². The van der Waals surface area contributed by atoms with Gasteiger partial charge in [-0.25, -0.2) is 0 Å². The highest BCUT2D eigenvalue weighted by molar-refractivity contribution is 14.0. The molecule has 2 aromatic carbocycles. The first-order valence-electron chi connectivity index (χ1n) is 9.39. The number of rotatable bonds is 10. The van der Waals surface area contributed by atoms with Crippen molar-refractivity contribution < 1.29 is 22.6 Å². The summed E-state index contributed by atoms with van der Waals surface area (Å²) in [5.74, 6) is 1.36. The molecule has 0 aliphatic rings. The zero-order valence-electron chi connectivity index (χ0n) is 17.2. The minimum atomic E-state index is -4.33. The van der Waals surface area contributed by atoms with Crippen molar-refractivity contribution in [3.63, 3.8) is 0 Å². The van der Waals surface area contributed by atoms with Gasteiger partial charge in [0, 0.05) is 25.7 Å². The Bertz CT molecular complexity index is 845. The van der Waals surface area contributed by atoms with Gasteiger partial charge in [-0.1, -0.05) is 55.1 Å². The van der Waals surface area contributed by atoms with E-state index in [9.17, 15) is 13.2 Å². The predicted molar refractivity (Wildman–Crippen MR) is 127 cm³/mol. The molecule has 0 saturated carbocycles. The molecule has 9 heteroatoms. The SMILES string of the molecule is C=CCOc1ccccc1CNC(=NC)NCc1cccc(COCC(F)(F)F)c1.I. The fraction of sp³-hybridized carbons (Fsp3) is 0.318. The van der Waals surface area contributed by atoms with E-state index >= 15 is 0 Å². The minimum Gasteiger partial charge on any atom is -0.489 e. The number of nitrogens with zero attached hydrogens (tertiary/aromatic N) is 1. The number of para-hydroxylation sites is 1. The van der Waals surface area contributed by atoms with Crippen LogP contribution in [0.3, 0.4) is 0 Å². The van der Waals surface area contributed by atoms with Crippen LogP contribution >= 0.6 is 24.0 Å². The van der Waals surface area contributed by atoms with Gasteiger partial charge < -0.3 is 20.1 Å². The Morgan fingerprint density at radius 2 is 1.77 bits per heavy atom. The molecule has 0 heterocycles. The van der Waals surface area contributed by atoms with E-state index in [2.05, 4.69) is 22.2 Å². The van der Waals surface area contributed by atoms with Gasteiger partial charge in [-0.3, -0.25) is 4.99 Å². The van der Waals surface area contributed by atoms with Crippen molar-refractivity contribution in [2.24, 2.45) is 4.99 Å². The predicted octanol–water partition coefficient (Wildman–Crippen LogP) is 4.81. The van der Waals surface area contributed by atoms with Gasteiger partial charge in [0.1, 0.15) is 19.0 Å². The van der Waals surface area contributed by atoms with Crippen LogP contribution < -0.4 is 15.4 Å². The summed E-state index contributed by atoms with van der Waals surface area (Å²) >= 11 is 0. The zero-order valence-corrected chi connectivity index (χ0v) is 19.6. The highest BCUT2D eigenvalue weighted by Gasteiger charge is 2.27. The second-order valence-electron chi connectivity index (χ2n) is 6.41. The maximum atomic E-state index is 12.2. The van der Waals surface area contributed by atoms with E-state index < -0.39 is 12.8 Å². The van der Waals surface area contributed by atoms with Crippen molar-refractivity contribution in [2.45, 2.75) is 25.9 Å². The summed E-state index contributed by atoms with van der Waals surface area (Å²) < 4.78 is 47.0. The zero-order chi connectivity index (χ0) is 21.8. The molecular formula is C22H27F3IN3O2. The van der Waals surface area contributed by atoms with E-state index in [0.717, 1.165) is 16.9 Å². The standard InChI is InChI=1S/C22H26F3N3O2.HI/c1-3-11-30-20-10-5-4-9-19(20)14-28-21(26-2)27-13-17-7-6-8-18(12-17)15-29-16-22(23,24)25;/h3-10,12H,1,11,13-16H2,2H3,(H2,26,27,28);1H. The number of hydrogen-bond donors (Lipinski definition) is 2. The Morgan fingerprint density at radius 3 is 2.48 bits per heavy atom. The highest BCUT2D eigenvalue weighted by atomic mass is 127. The molecule has 0 amide bonds. The van der Waals surface area contributed by atoms with Crippen LogP contribution in [0.5, 0.6) is 5.75 Å². The van der Waals surface area contributed by atoms with Crippen LogP contribution in [0.15, 0.2) is 66.2 Å². The van der Waals surface area contributed by atoms with Crippen LogP contribution in [0.4, 0.5) is 13.2 Å². The molecule has 0 bridgehead atoms. The quantitative estimate of drug-likeness (QED) is 0.193. The largest absolute Gasteiger partial charge is 0.489 e. The average molecular weight is 549 g/mol. The van der Waals surface area contributed by atoms with Crippen LogP contribution in [0.2, 0.25) is 0 Å². The van der Waals surface area contributed by atoms with Gasteiger partial charge in [-0.2, -0.15) is 13.2 Å². The van der Waals surface area contributed by atoms with Crippen LogP contribution in [0, 0.1) is 0 Å². The smallest absolute Gasteiger partial charge is 0.411 e. The average Bonchev–Trinajstić information content (AvgIpc) is 2.72. The molecule has 5 nitrogen and oxygen atoms in total. The van der Waals surface area contributed by atoms with Gasteiger partial charge in [0.15, 0.2) is 5.96 Å². The molecule has 0 aromatic heterocycles. The van der Waals surface area contributed by atoms with Crippen molar-refractivity contribution in [2.75, 3.05) is 20.3 Å². The highest BCUT2D eigenvalue weighted by Crippen LogP contribution is 2.18. The van der Waals surface area contributed by atoms with Crippen LogP contribution in [0.25, 0.3) is 0 Å². The second kappa shape index (κ2) is 13.9. The van der Waals surface area contributed by atoms with E-state index in [-0.39, 0.29) is 30.6 Å². The molecule has 0 spiro atoms. The summed E-state index contributed by atoms with van der Waals surface area (Å²) in [6, 6.07) is 14.9. The number of hydrogen-bond acceptors (Lipinski definition) is 3. The number of halogens is 4. The molecule has 0 fully saturated rings. The maximum absolute atomic E-state index is 12.2. The molecule has 0 atom stereocenters. The summed E-state index contributed by atoms with van der Waals surface area (Å²) in [7, 11) is 1.66. The molecule has 31 heavy (non-hydrogen) atoms. The second-order valence-corrected chi connectivity index (χ2v) is 6.41. The number of nitrogens with one attached hydrogen (secondary N) is 2.